The summed E-state index contributed by atoms with van der Waals surface area (Å²) in [7, 11) is 0. The second-order valence-corrected chi connectivity index (χ2v) is 5.90. The van der Waals surface area contributed by atoms with E-state index < -0.39 is 0 Å². The molecule has 1 atom stereocenters. The van der Waals surface area contributed by atoms with Gasteiger partial charge in [-0.2, -0.15) is 0 Å². The summed E-state index contributed by atoms with van der Waals surface area (Å²) < 4.78 is 0. The SMILES string of the molecule is Clc1cccc(NC(c2cccs2)C2CC2)c1. The van der Waals surface area contributed by atoms with Crippen LogP contribution in [-0.4, -0.2) is 0 Å². The van der Waals surface area contributed by atoms with Gasteiger partial charge < -0.3 is 5.32 Å². The first-order valence-electron chi connectivity index (χ1n) is 5.88. The fourth-order valence-corrected chi connectivity index (χ4v) is 3.14. The molecule has 0 bridgehead atoms. The minimum absolute atomic E-state index is 0.452. The minimum Gasteiger partial charge on any atom is -0.377 e. The normalized spacial score (nSPS) is 16.8. The van der Waals surface area contributed by atoms with Crippen LogP contribution in [0.1, 0.15) is 23.8 Å². The Morgan fingerprint density at radius 2 is 2.12 bits per heavy atom. The van der Waals surface area contributed by atoms with E-state index in [1.807, 2.05) is 29.5 Å². The summed E-state index contributed by atoms with van der Waals surface area (Å²) in [4.78, 5) is 1.42. The van der Waals surface area contributed by atoms with E-state index in [9.17, 15) is 0 Å². The fraction of sp³-hybridized carbons (Fsp3) is 0.286. The molecule has 0 aliphatic heterocycles. The van der Waals surface area contributed by atoms with E-state index in [2.05, 4.69) is 28.9 Å². The van der Waals surface area contributed by atoms with E-state index in [1.165, 1.54) is 17.7 Å². The molecule has 1 unspecified atom stereocenters. The molecule has 3 heteroatoms. The summed E-state index contributed by atoms with van der Waals surface area (Å²) >= 11 is 7.84. The average molecular weight is 264 g/mol. The van der Waals surface area contributed by atoms with E-state index in [0.717, 1.165) is 16.6 Å². The van der Waals surface area contributed by atoms with Crippen molar-refractivity contribution in [3.8, 4) is 0 Å². The Balaban J connectivity index is 1.81. The lowest BCUT2D eigenvalue weighted by Gasteiger charge is -2.18. The van der Waals surface area contributed by atoms with Gasteiger partial charge in [-0.1, -0.05) is 23.7 Å². The molecule has 1 fully saturated rings. The molecule has 1 aromatic carbocycles. The molecule has 1 heterocycles. The van der Waals surface area contributed by atoms with Crippen molar-refractivity contribution in [2.45, 2.75) is 18.9 Å². The molecule has 0 amide bonds. The summed E-state index contributed by atoms with van der Waals surface area (Å²) in [6.45, 7) is 0. The van der Waals surface area contributed by atoms with Crippen molar-refractivity contribution in [1.29, 1.82) is 0 Å². The molecular weight excluding hydrogens is 250 g/mol. The molecule has 1 aliphatic rings. The lowest BCUT2D eigenvalue weighted by atomic mass is 10.1. The van der Waals surface area contributed by atoms with Crippen molar-refractivity contribution in [2.24, 2.45) is 5.92 Å². The number of hydrogen-bond donors (Lipinski definition) is 1. The lowest BCUT2D eigenvalue weighted by Crippen LogP contribution is -2.11. The number of halogens is 1. The number of thiophene rings is 1. The van der Waals surface area contributed by atoms with E-state index in [-0.39, 0.29) is 0 Å². The third kappa shape index (κ3) is 2.64. The number of rotatable bonds is 4. The monoisotopic (exact) mass is 263 g/mol. The van der Waals surface area contributed by atoms with Crippen LogP contribution >= 0.6 is 22.9 Å². The van der Waals surface area contributed by atoms with Crippen molar-refractivity contribution >= 4 is 28.6 Å². The van der Waals surface area contributed by atoms with Crippen LogP contribution in [0.4, 0.5) is 5.69 Å². The molecule has 1 nitrogen and oxygen atoms in total. The molecule has 1 aromatic heterocycles. The first kappa shape index (κ1) is 11.1. The first-order chi connectivity index (χ1) is 8.33. The van der Waals surface area contributed by atoms with Gasteiger partial charge in [0.15, 0.2) is 0 Å². The highest BCUT2D eigenvalue weighted by molar-refractivity contribution is 7.10. The van der Waals surface area contributed by atoms with Crippen LogP contribution in [0.5, 0.6) is 0 Å². The van der Waals surface area contributed by atoms with Crippen LogP contribution in [0.2, 0.25) is 5.02 Å². The summed E-state index contributed by atoms with van der Waals surface area (Å²) in [6.07, 6.45) is 2.66. The van der Waals surface area contributed by atoms with Gasteiger partial charge in [0.05, 0.1) is 6.04 Å². The van der Waals surface area contributed by atoms with Crippen LogP contribution in [0, 0.1) is 5.92 Å². The Morgan fingerprint density at radius 3 is 2.76 bits per heavy atom. The molecule has 17 heavy (non-hydrogen) atoms. The third-order valence-electron chi connectivity index (χ3n) is 3.09. The van der Waals surface area contributed by atoms with Crippen LogP contribution in [0.25, 0.3) is 0 Å². The predicted octanol–water partition coefficient (Wildman–Crippen LogP) is 4.96. The topological polar surface area (TPSA) is 12.0 Å². The van der Waals surface area contributed by atoms with Gasteiger partial charge in [0.2, 0.25) is 0 Å². The number of benzene rings is 1. The second-order valence-electron chi connectivity index (χ2n) is 4.49. The number of nitrogens with one attached hydrogen (secondary N) is 1. The highest BCUT2D eigenvalue weighted by atomic mass is 35.5. The molecule has 0 saturated heterocycles. The minimum atomic E-state index is 0.452. The maximum atomic E-state index is 6.01. The van der Waals surface area contributed by atoms with Crippen LogP contribution in [0.15, 0.2) is 41.8 Å². The Kier molecular flexibility index (Phi) is 3.08. The van der Waals surface area contributed by atoms with Crippen molar-refractivity contribution in [3.63, 3.8) is 0 Å². The van der Waals surface area contributed by atoms with Gasteiger partial charge >= 0.3 is 0 Å². The quantitative estimate of drug-likeness (QED) is 0.822. The maximum Gasteiger partial charge on any atom is 0.0634 e. The Bertz CT molecular complexity index is 491. The van der Waals surface area contributed by atoms with Crippen molar-refractivity contribution in [1.82, 2.24) is 0 Å². The smallest absolute Gasteiger partial charge is 0.0634 e. The van der Waals surface area contributed by atoms with Gasteiger partial charge in [0, 0.05) is 15.6 Å². The zero-order chi connectivity index (χ0) is 11.7. The Hall–Kier alpha value is -0.990. The molecule has 1 aliphatic carbocycles. The molecule has 88 valence electrons. The number of hydrogen-bond acceptors (Lipinski definition) is 2. The van der Waals surface area contributed by atoms with E-state index in [4.69, 9.17) is 11.6 Å². The highest BCUT2D eigenvalue weighted by Crippen LogP contribution is 2.44. The van der Waals surface area contributed by atoms with E-state index in [1.54, 1.807) is 0 Å². The highest BCUT2D eigenvalue weighted by Gasteiger charge is 2.32. The zero-order valence-corrected chi connectivity index (χ0v) is 11.0. The van der Waals surface area contributed by atoms with E-state index >= 15 is 0 Å². The van der Waals surface area contributed by atoms with Gasteiger partial charge in [-0.25, -0.2) is 0 Å². The van der Waals surface area contributed by atoms with Crippen molar-refractivity contribution in [3.05, 3.63) is 51.7 Å². The Labute approximate surface area is 110 Å². The summed E-state index contributed by atoms with van der Waals surface area (Å²) in [5.41, 5.74) is 1.11. The van der Waals surface area contributed by atoms with Gasteiger partial charge in [-0.3, -0.25) is 0 Å². The first-order valence-corrected chi connectivity index (χ1v) is 7.14. The lowest BCUT2D eigenvalue weighted by molar-refractivity contribution is 0.691. The van der Waals surface area contributed by atoms with Crippen LogP contribution in [0.3, 0.4) is 0 Å². The standard InChI is InChI=1S/C14H14ClNS/c15-11-3-1-4-12(9-11)16-14(10-6-7-10)13-5-2-8-17-13/h1-5,8-10,14,16H,6-7H2. The number of anilines is 1. The van der Waals surface area contributed by atoms with Gasteiger partial charge in [-0.05, 0) is 48.4 Å². The summed E-state index contributed by atoms with van der Waals surface area (Å²) in [6, 6.07) is 12.8. The molecule has 1 saturated carbocycles. The average Bonchev–Trinajstić information content (AvgIpc) is 3.01. The Morgan fingerprint density at radius 1 is 1.24 bits per heavy atom. The summed E-state index contributed by atoms with van der Waals surface area (Å²) in [5, 5.41) is 6.54. The van der Waals surface area contributed by atoms with Crippen molar-refractivity contribution < 1.29 is 0 Å². The van der Waals surface area contributed by atoms with Crippen LogP contribution in [-0.2, 0) is 0 Å². The largest absolute Gasteiger partial charge is 0.377 e. The third-order valence-corrected chi connectivity index (χ3v) is 4.28. The summed E-state index contributed by atoms with van der Waals surface area (Å²) in [5.74, 6) is 0.785. The predicted molar refractivity (Wildman–Crippen MR) is 74.9 cm³/mol. The van der Waals surface area contributed by atoms with Crippen LogP contribution < -0.4 is 5.32 Å². The zero-order valence-electron chi connectivity index (χ0n) is 9.40. The van der Waals surface area contributed by atoms with Gasteiger partial charge in [-0.15, -0.1) is 11.3 Å². The second kappa shape index (κ2) is 4.71. The molecule has 0 spiro atoms. The fourth-order valence-electron chi connectivity index (χ4n) is 2.08. The van der Waals surface area contributed by atoms with E-state index in [0.29, 0.717) is 6.04 Å². The van der Waals surface area contributed by atoms with Gasteiger partial charge in [0.1, 0.15) is 0 Å². The maximum absolute atomic E-state index is 6.01. The molecule has 0 radical (unpaired) electrons. The van der Waals surface area contributed by atoms with Crippen molar-refractivity contribution in [2.75, 3.05) is 5.32 Å². The molecule has 3 rings (SSSR count). The molecule has 1 N–H and O–H groups in total. The van der Waals surface area contributed by atoms with Gasteiger partial charge in [0.25, 0.3) is 0 Å². The molecule has 2 aromatic rings. The molecular formula is C14H14ClNS.